The van der Waals surface area contributed by atoms with E-state index in [-0.39, 0.29) is 0 Å². The molecule has 1 aromatic carbocycles. The molecule has 0 saturated heterocycles. The van der Waals surface area contributed by atoms with Crippen LogP contribution in [0.5, 0.6) is 5.75 Å². The molecule has 15 heavy (non-hydrogen) atoms. The minimum Gasteiger partial charge on any atom is -0.486 e. The summed E-state index contributed by atoms with van der Waals surface area (Å²) >= 11 is 4.92. The normalized spacial score (nSPS) is 10.3. The van der Waals surface area contributed by atoms with E-state index in [9.17, 15) is 0 Å². The van der Waals surface area contributed by atoms with E-state index in [1.807, 2.05) is 31.2 Å². The lowest BCUT2D eigenvalue weighted by Crippen LogP contribution is -1.94. The third-order valence-corrected chi connectivity index (χ3v) is 3.08. The van der Waals surface area contributed by atoms with E-state index < -0.39 is 0 Å². The maximum atomic E-state index is 5.55. The van der Waals surface area contributed by atoms with Gasteiger partial charge in [-0.05, 0) is 31.2 Å². The fraction of sp³-hybridized carbons (Fsp3) is 0.200. The minimum atomic E-state index is 0.479. The number of aryl methyl sites for hydroxylation is 1. The van der Waals surface area contributed by atoms with E-state index in [0.717, 1.165) is 20.2 Å². The average molecular weight is 285 g/mol. The van der Waals surface area contributed by atoms with E-state index in [2.05, 4.69) is 26.1 Å². The van der Waals surface area contributed by atoms with Crippen molar-refractivity contribution in [3.8, 4) is 5.75 Å². The zero-order chi connectivity index (χ0) is 10.7. The zero-order valence-corrected chi connectivity index (χ0v) is 10.5. The summed E-state index contributed by atoms with van der Waals surface area (Å²) in [5.41, 5.74) is 0. The Morgan fingerprint density at radius 3 is 2.60 bits per heavy atom. The molecule has 1 heterocycles. The lowest BCUT2D eigenvalue weighted by atomic mass is 10.3. The second-order valence-corrected chi connectivity index (χ2v) is 5.14. The van der Waals surface area contributed by atoms with Gasteiger partial charge in [-0.2, -0.15) is 0 Å². The number of ether oxygens (including phenoxy) is 1. The van der Waals surface area contributed by atoms with Gasteiger partial charge in [0, 0.05) is 4.47 Å². The first kappa shape index (κ1) is 10.6. The Morgan fingerprint density at radius 2 is 2.00 bits per heavy atom. The van der Waals surface area contributed by atoms with E-state index in [4.69, 9.17) is 4.74 Å². The van der Waals surface area contributed by atoms with Gasteiger partial charge in [-0.3, -0.25) is 0 Å². The van der Waals surface area contributed by atoms with E-state index >= 15 is 0 Å². The third kappa shape index (κ3) is 3.00. The first-order chi connectivity index (χ1) is 7.24. The van der Waals surface area contributed by atoms with Gasteiger partial charge in [-0.15, -0.1) is 10.2 Å². The number of aromatic nitrogens is 2. The maximum absolute atomic E-state index is 5.55. The zero-order valence-electron chi connectivity index (χ0n) is 8.11. The predicted octanol–water partition coefficient (Wildman–Crippen LogP) is 3.19. The molecule has 0 spiro atoms. The second-order valence-electron chi connectivity index (χ2n) is 2.96. The van der Waals surface area contributed by atoms with Gasteiger partial charge in [-0.25, -0.2) is 0 Å². The van der Waals surface area contributed by atoms with Crippen LogP contribution >= 0.6 is 27.3 Å². The van der Waals surface area contributed by atoms with Crippen molar-refractivity contribution in [1.82, 2.24) is 10.2 Å². The average Bonchev–Trinajstić information content (AvgIpc) is 2.64. The predicted molar refractivity (Wildman–Crippen MR) is 63.1 cm³/mol. The summed E-state index contributed by atoms with van der Waals surface area (Å²) in [5.74, 6) is 0.839. The lowest BCUT2D eigenvalue weighted by Gasteiger charge is -2.02. The third-order valence-electron chi connectivity index (χ3n) is 1.74. The van der Waals surface area contributed by atoms with Gasteiger partial charge in [0.1, 0.15) is 17.4 Å². The Hall–Kier alpha value is -0.940. The standard InChI is InChI=1S/C10H9BrN2OS/c1-7-12-13-10(15-7)6-14-9-4-2-8(11)3-5-9/h2-5H,6H2,1H3. The molecule has 0 aliphatic rings. The van der Waals surface area contributed by atoms with Crippen molar-refractivity contribution in [2.75, 3.05) is 0 Å². The molecule has 0 aliphatic carbocycles. The van der Waals surface area contributed by atoms with E-state index in [0.29, 0.717) is 6.61 Å². The first-order valence-corrected chi connectivity index (χ1v) is 6.02. The molecule has 0 N–H and O–H groups in total. The van der Waals surface area contributed by atoms with Gasteiger partial charge in [0.15, 0.2) is 5.01 Å². The molecular weight excluding hydrogens is 276 g/mol. The van der Waals surface area contributed by atoms with Crippen LogP contribution in [0.2, 0.25) is 0 Å². The van der Waals surface area contributed by atoms with Crippen molar-refractivity contribution in [2.24, 2.45) is 0 Å². The molecule has 5 heteroatoms. The Labute approximate surface area is 100 Å². The van der Waals surface area contributed by atoms with Gasteiger partial charge in [-0.1, -0.05) is 27.3 Å². The summed E-state index contributed by atoms with van der Waals surface area (Å²) < 4.78 is 6.59. The van der Waals surface area contributed by atoms with E-state index in [1.54, 1.807) is 11.3 Å². The second kappa shape index (κ2) is 4.72. The largest absolute Gasteiger partial charge is 0.486 e. The molecule has 0 fully saturated rings. The van der Waals surface area contributed by atoms with Crippen LogP contribution in [0.25, 0.3) is 0 Å². The van der Waals surface area contributed by atoms with Crippen LogP contribution in [0.3, 0.4) is 0 Å². The summed E-state index contributed by atoms with van der Waals surface area (Å²) in [6, 6.07) is 7.72. The molecule has 2 rings (SSSR count). The van der Waals surface area contributed by atoms with Crippen molar-refractivity contribution in [3.05, 3.63) is 38.8 Å². The van der Waals surface area contributed by atoms with Gasteiger partial charge in [0.05, 0.1) is 0 Å². The summed E-state index contributed by atoms with van der Waals surface area (Å²) in [5, 5.41) is 9.77. The Kier molecular flexibility index (Phi) is 3.33. The topological polar surface area (TPSA) is 35.0 Å². The maximum Gasteiger partial charge on any atom is 0.155 e. The number of nitrogens with zero attached hydrogens (tertiary/aromatic N) is 2. The van der Waals surface area contributed by atoms with Crippen LogP contribution in [-0.4, -0.2) is 10.2 Å². The minimum absolute atomic E-state index is 0.479. The van der Waals surface area contributed by atoms with Crippen molar-refractivity contribution in [3.63, 3.8) is 0 Å². The highest BCUT2D eigenvalue weighted by atomic mass is 79.9. The molecule has 78 valence electrons. The summed E-state index contributed by atoms with van der Waals surface area (Å²) in [7, 11) is 0. The summed E-state index contributed by atoms with van der Waals surface area (Å²) in [4.78, 5) is 0. The first-order valence-electron chi connectivity index (χ1n) is 4.41. The monoisotopic (exact) mass is 284 g/mol. The van der Waals surface area contributed by atoms with E-state index in [1.165, 1.54) is 0 Å². The molecule has 0 radical (unpaired) electrons. The van der Waals surface area contributed by atoms with Gasteiger partial charge < -0.3 is 4.74 Å². The SMILES string of the molecule is Cc1nnc(COc2ccc(Br)cc2)s1. The summed E-state index contributed by atoms with van der Waals surface area (Å²) in [6.07, 6.45) is 0. The van der Waals surface area contributed by atoms with Gasteiger partial charge in [0.25, 0.3) is 0 Å². The number of rotatable bonds is 3. The van der Waals surface area contributed by atoms with Crippen molar-refractivity contribution < 1.29 is 4.74 Å². The lowest BCUT2D eigenvalue weighted by molar-refractivity contribution is 0.304. The van der Waals surface area contributed by atoms with Crippen LogP contribution in [-0.2, 0) is 6.61 Å². The van der Waals surface area contributed by atoms with Crippen LogP contribution in [0.1, 0.15) is 10.0 Å². The Morgan fingerprint density at radius 1 is 1.27 bits per heavy atom. The Balaban J connectivity index is 1.96. The van der Waals surface area contributed by atoms with Gasteiger partial charge in [0.2, 0.25) is 0 Å². The molecule has 0 atom stereocenters. The fourth-order valence-electron chi connectivity index (χ4n) is 1.07. The number of hydrogen-bond donors (Lipinski definition) is 0. The molecule has 0 amide bonds. The summed E-state index contributed by atoms with van der Waals surface area (Å²) in [6.45, 7) is 2.41. The van der Waals surface area contributed by atoms with Crippen molar-refractivity contribution in [1.29, 1.82) is 0 Å². The van der Waals surface area contributed by atoms with Crippen LogP contribution in [0.4, 0.5) is 0 Å². The highest BCUT2D eigenvalue weighted by molar-refractivity contribution is 9.10. The Bertz CT molecular complexity index is 441. The highest BCUT2D eigenvalue weighted by Gasteiger charge is 2.01. The molecule has 0 bridgehead atoms. The number of benzene rings is 1. The highest BCUT2D eigenvalue weighted by Crippen LogP contribution is 2.18. The van der Waals surface area contributed by atoms with Gasteiger partial charge >= 0.3 is 0 Å². The molecule has 0 saturated carbocycles. The van der Waals surface area contributed by atoms with Crippen LogP contribution < -0.4 is 4.74 Å². The molecular formula is C10H9BrN2OS. The van der Waals surface area contributed by atoms with Crippen LogP contribution in [0.15, 0.2) is 28.7 Å². The smallest absolute Gasteiger partial charge is 0.155 e. The van der Waals surface area contributed by atoms with Crippen molar-refractivity contribution in [2.45, 2.75) is 13.5 Å². The number of hydrogen-bond acceptors (Lipinski definition) is 4. The fourth-order valence-corrected chi connectivity index (χ4v) is 1.96. The molecule has 2 aromatic rings. The molecule has 0 aliphatic heterocycles. The van der Waals surface area contributed by atoms with Crippen molar-refractivity contribution >= 4 is 27.3 Å². The molecule has 3 nitrogen and oxygen atoms in total. The van der Waals surface area contributed by atoms with Crippen LogP contribution in [0, 0.1) is 6.92 Å². The molecule has 0 unspecified atom stereocenters. The quantitative estimate of drug-likeness (QED) is 0.868. The number of halogens is 1. The molecule has 1 aromatic heterocycles.